The van der Waals surface area contributed by atoms with Gasteiger partial charge < -0.3 is 10.2 Å². The molecule has 0 atom stereocenters. The highest BCUT2D eigenvalue weighted by Gasteiger charge is 1.98. The number of azo groups is 2. The predicted octanol–water partition coefficient (Wildman–Crippen LogP) is 6.07. The maximum absolute atomic E-state index is 9.53. The molecule has 0 saturated carbocycles. The van der Waals surface area contributed by atoms with Crippen molar-refractivity contribution < 1.29 is 10.2 Å². The van der Waals surface area contributed by atoms with E-state index in [4.69, 9.17) is 5.11 Å². The Bertz CT molecular complexity index is 966. The van der Waals surface area contributed by atoms with Crippen LogP contribution in [0.25, 0.3) is 0 Å². The van der Waals surface area contributed by atoms with Crippen LogP contribution in [0, 0.1) is 6.92 Å². The van der Waals surface area contributed by atoms with Crippen molar-refractivity contribution in [2.24, 2.45) is 20.5 Å². The fraction of sp³-hybridized carbons (Fsp3) is 0.143. The normalized spacial score (nSPS) is 11.5. The smallest absolute Gasteiger partial charge is 0.118 e. The summed E-state index contributed by atoms with van der Waals surface area (Å²) in [5.74, 6) is 0.241. The first-order chi connectivity index (χ1) is 13.1. The monoisotopic (exact) mass is 360 g/mol. The summed E-state index contributed by atoms with van der Waals surface area (Å²) in [6, 6.07) is 20.0. The Kier molecular flexibility index (Phi) is 6.02. The number of phenols is 1. The highest BCUT2D eigenvalue weighted by atomic mass is 16.3. The van der Waals surface area contributed by atoms with Gasteiger partial charge >= 0.3 is 0 Å². The summed E-state index contributed by atoms with van der Waals surface area (Å²) in [5, 5.41) is 35.3. The SMILES string of the molecule is Cc1cc(N=Nc2ccc(N=Nc3cccc(CCO)c3)cc2)ccc1O. The van der Waals surface area contributed by atoms with E-state index in [2.05, 4.69) is 20.5 Å². The molecule has 3 rings (SSSR count). The molecule has 0 saturated heterocycles. The van der Waals surface area contributed by atoms with E-state index in [-0.39, 0.29) is 12.4 Å². The molecule has 0 aliphatic rings. The quantitative estimate of drug-likeness (QED) is 0.523. The Balaban J connectivity index is 1.67. The Morgan fingerprint density at radius 1 is 0.704 bits per heavy atom. The first-order valence-electron chi connectivity index (χ1n) is 8.57. The summed E-state index contributed by atoms with van der Waals surface area (Å²) in [4.78, 5) is 0. The molecule has 0 amide bonds. The van der Waals surface area contributed by atoms with Gasteiger partial charge in [-0.2, -0.15) is 20.5 Å². The minimum absolute atomic E-state index is 0.111. The van der Waals surface area contributed by atoms with Crippen LogP contribution in [0.4, 0.5) is 22.7 Å². The number of aliphatic hydroxyl groups is 1. The highest BCUT2D eigenvalue weighted by Crippen LogP contribution is 2.26. The summed E-state index contributed by atoms with van der Waals surface area (Å²) in [7, 11) is 0. The van der Waals surface area contributed by atoms with Crippen LogP contribution in [0.15, 0.2) is 87.2 Å². The van der Waals surface area contributed by atoms with Crippen LogP contribution in [-0.2, 0) is 6.42 Å². The maximum Gasteiger partial charge on any atom is 0.118 e. The summed E-state index contributed by atoms with van der Waals surface area (Å²) in [6.07, 6.45) is 0.601. The molecule has 0 aliphatic heterocycles. The van der Waals surface area contributed by atoms with Crippen molar-refractivity contribution >= 4 is 22.7 Å². The lowest BCUT2D eigenvalue weighted by atomic mass is 10.1. The second-order valence-corrected chi connectivity index (χ2v) is 6.03. The summed E-state index contributed by atoms with van der Waals surface area (Å²) in [5.41, 5.74) is 4.61. The molecule has 27 heavy (non-hydrogen) atoms. The van der Waals surface area contributed by atoms with Crippen LogP contribution >= 0.6 is 0 Å². The molecule has 3 aromatic rings. The molecular weight excluding hydrogens is 340 g/mol. The lowest BCUT2D eigenvalue weighted by Gasteiger charge is -1.99. The molecule has 2 N–H and O–H groups in total. The summed E-state index contributed by atoms with van der Waals surface area (Å²) < 4.78 is 0. The Morgan fingerprint density at radius 2 is 1.26 bits per heavy atom. The second kappa shape index (κ2) is 8.82. The zero-order valence-electron chi connectivity index (χ0n) is 14.9. The van der Waals surface area contributed by atoms with Crippen molar-refractivity contribution in [2.45, 2.75) is 13.3 Å². The van der Waals surface area contributed by atoms with Gasteiger partial charge in [-0.1, -0.05) is 12.1 Å². The largest absolute Gasteiger partial charge is 0.508 e. The van der Waals surface area contributed by atoms with Gasteiger partial charge in [0.1, 0.15) is 5.75 Å². The summed E-state index contributed by atoms with van der Waals surface area (Å²) >= 11 is 0. The number of aliphatic hydroxyl groups excluding tert-OH is 1. The molecule has 136 valence electrons. The van der Waals surface area contributed by atoms with Gasteiger partial charge in [-0.25, -0.2) is 0 Å². The third kappa shape index (κ3) is 5.29. The van der Waals surface area contributed by atoms with Gasteiger partial charge in [0, 0.05) is 6.61 Å². The Morgan fingerprint density at radius 3 is 1.85 bits per heavy atom. The molecule has 0 fully saturated rings. The van der Waals surface area contributed by atoms with Crippen LogP contribution < -0.4 is 0 Å². The van der Waals surface area contributed by atoms with Gasteiger partial charge in [0.2, 0.25) is 0 Å². The number of aromatic hydroxyl groups is 1. The van der Waals surface area contributed by atoms with Crippen molar-refractivity contribution in [3.05, 3.63) is 77.9 Å². The highest BCUT2D eigenvalue weighted by molar-refractivity contribution is 5.49. The maximum atomic E-state index is 9.53. The van der Waals surface area contributed by atoms with Crippen LogP contribution in [0.3, 0.4) is 0 Å². The average molecular weight is 360 g/mol. The van der Waals surface area contributed by atoms with Crippen LogP contribution in [0.1, 0.15) is 11.1 Å². The molecule has 0 aliphatic carbocycles. The van der Waals surface area contributed by atoms with E-state index in [9.17, 15) is 5.11 Å². The number of rotatable bonds is 6. The molecule has 0 unspecified atom stereocenters. The third-order valence-electron chi connectivity index (χ3n) is 3.90. The lowest BCUT2D eigenvalue weighted by Crippen LogP contribution is -1.88. The average Bonchev–Trinajstić information content (AvgIpc) is 2.69. The van der Waals surface area contributed by atoms with E-state index in [1.165, 1.54) is 0 Å². The molecule has 0 bridgehead atoms. The number of benzene rings is 3. The number of hydrogen-bond donors (Lipinski definition) is 2. The minimum Gasteiger partial charge on any atom is -0.508 e. The molecule has 0 aromatic heterocycles. The zero-order chi connectivity index (χ0) is 19.1. The fourth-order valence-electron chi connectivity index (χ4n) is 2.42. The van der Waals surface area contributed by atoms with Gasteiger partial charge in [0.05, 0.1) is 22.7 Å². The van der Waals surface area contributed by atoms with E-state index in [0.717, 1.165) is 16.8 Å². The Hall–Kier alpha value is -3.38. The van der Waals surface area contributed by atoms with E-state index in [0.29, 0.717) is 23.5 Å². The van der Waals surface area contributed by atoms with E-state index < -0.39 is 0 Å². The first kappa shape index (κ1) is 18.4. The van der Waals surface area contributed by atoms with Crippen molar-refractivity contribution in [1.82, 2.24) is 0 Å². The summed E-state index contributed by atoms with van der Waals surface area (Å²) in [6.45, 7) is 1.92. The number of nitrogens with zero attached hydrogens (tertiary/aromatic N) is 4. The van der Waals surface area contributed by atoms with E-state index in [1.54, 1.807) is 18.2 Å². The minimum atomic E-state index is 0.111. The Labute approximate surface area is 157 Å². The van der Waals surface area contributed by atoms with Crippen LogP contribution in [-0.4, -0.2) is 16.8 Å². The zero-order valence-corrected chi connectivity index (χ0v) is 14.9. The van der Waals surface area contributed by atoms with Crippen LogP contribution in [0.5, 0.6) is 5.75 Å². The molecule has 6 nitrogen and oxygen atoms in total. The fourth-order valence-corrected chi connectivity index (χ4v) is 2.42. The molecule has 3 aromatic carbocycles. The predicted molar refractivity (Wildman–Crippen MR) is 105 cm³/mol. The van der Waals surface area contributed by atoms with Crippen molar-refractivity contribution in [1.29, 1.82) is 0 Å². The topological polar surface area (TPSA) is 89.9 Å². The van der Waals surface area contributed by atoms with Gasteiger partial charge in [0.15, 0.2) is 0 Å². The van der Waals surface area contributed by atoms with Gasteiger partial charge in [-0.15, -0.1) is 0 Å². The number of hydrogen-bond acceptors (Lipinski definition) is 6. The van der Waals surface area contributed by atoms with Crippen molar-refractivity contribution in [3.63, 3.8) is 0 Å². The molecule has 6 heteroatoms. The molecule has 0 heterocycles. The number of phenolic OH excluding ortho intramolecular Hbond substituents is 1. The molecule has 0 spiro atoms. The van der Waals surface area contributed by atoms with Crippen molar-refractivity contribution in [2.75, 3.05) is 6.61 Å². The lowest BCUT2D eigenvalue weighted by molar-refractivity contribution is 0.299. The van der Waals surface area contributed by atoms with Crippen molar-refractivity contribution in [3.8, 4) is 5.75 Å². The van der Waals surface area contributed by atoms with E-state index >= 15 is 0 Å². The standard InChI is InChI=1S/C21H20N4O2/c1-15-13-20(9-10-21(15)27)25-23-18-7-5-17(6-8-18)22-24-19-4-2-3-16(14-19)11-12-26/h2-10,13-14,26-27H,11-12H2,1H3. The molecular formula is C21H20N4O2. The number of aryl methyl sites for hydroxylation is 1. The van der Waals surface area contributed by atoms with Crippen LogP contribution in [0.2, 0.25) is 0 Å². The first-order valence-corrected chi connectivity index (χ1v) is 8.57. The molecule has 0 radical (unpaired) electrons. The third-order valence-corrected chi connectivity index (χ3v) is 3.90. The second-order valence-electron chi connectivity index (χ2n) is 6.03. The van der Waals surface area contributed by atoms with E-state index in [1.807, 2.05) is 55.5 Å². The van der Waals surface area contributed by atoms with Gasteiger partial charge in [-0.05, 0) is 79.1 Å². The van der Waals surface area contributed by atoms with Gasteiger partial charge in [0.25, 0.3) is 0 Å². The van der Waals surface area contributed by atoms with Gasteiger partial charge in [-0.3, -0.25) is 0 Å².